The standard InChI is InChI=1S/C13H11ClN2OS/c14-9-6-7-11(13(15)16-17)12(8-9)18-10-4-2-1-3-5-10/h1-8,17H,(H2,15,16). The Kier molecular flexibility index (Phi) is 4.12. The lowest BCUT2D eigenvalue weighted by molar-refractivity contribution is 0.318. The first-order chi connectivity index (χ1) is 8.70. The molecule has 0 saturated heterocycles. The van der Waals surface area contributed by atoms with Gasteiger partial charge >= 0.3 is 0 Å². The lowest BCUT2D eigenvalue weighted by Gasteiger charge is -2.08. The Morgan fingerprint density at radius 1 is 1.17 bits per heavy atom. The van der Waals surface area contributed by atoms with Crippen LogP contribution >= 0.6 is 23.4 Å². The molecule has 0 aliphatic rings. The van der Waals surface area contributed by atoms with Gasteiger partial charge < -0.3 is 10.9 Å². The molecule has 92 valence electrons. The van der Waals surface area contributed by atoms with Gasteiger partial charge in [0.1, 0.15) is 0 Å². The molecule has 0 saturated carbocycles. The van der Waals surface area contributed by atoms with Crippen molar-refractivity contribution in [2.45, 2.75) is 9.79 Å². The normalized spacial score (nSPS) is 11.5. The summed E-state index contributed by atoms with van der Waals surface area (Å²) in [6.07, 6.45) is 0. The lowest BCUT2D eigenvalue weighted by atomic mass is 10.2. The Hall–Kier alpha value is -1.65. The molecule has 0 bridgehead atoms. The van der Waals surface area contributed by atoms with Gasteiger partial charge in [0.15, 0.2) is 5.84 Å². The van der Waals surface area contributed by atoms with Crippen LogP contribution < -0.4 is 5.73 Å². The van der Waals surface area contributed by atoms with Gasteiger partial charge in [0.25, 0.3) is 0 Å². The zero-order valence-electron chi connectivity index (χ0n) is 9.38. The zero-order valence-corrected chi connectivity index (χ0v) is 10.9. The number of oxime groups is 1. The average Bonchev–Trinajstić information content (AvgIpc) is 2.39. The van der Waals surface area contributed by atoms with Crippen molar-refractivity contribution in [1.82, 2.24) is 0 Å². The fourth-order valence-electron chi connectivity index (χ4n) is 1.46. The summed E-state index contributed by atoms with van der Waals surface area (Å²) in [7, 11) is 0. The van der Waals surface area contributed by atoms with Crippen LogP contribution in [0.25, 0.3) is 0 Å². The molecule has 3 nitrogen and oxygen atoms in total. The molecule has 5 heteroatoms. The summed E-state index contributed by atoms with van der Waals surface area (Å²) in [6.45, 7) is 0. The van der Waals surface area contributed by atoms with E-state index in [2.05, 4.69) is 5.16 Å². The topological polar surface area (TPSA) is 58.6 Å². The maximum atomic E-state index is 8.77. The number of hydrogen-bond acceptors (Lipinski definition) is 3. The first kappa shape index (κ1) is 12.8. The molecular formula is C13H11ClN2OS. The number of nitrogens with zero attached hydrogens (tertiary/aromatic N) is 1. The molecule has 2 aromatic carbocycles. The Morgan fingerprint density at radius 3 is 2.56 bits per heavy atom. The molecule has 2 rings (SSSR count). The van der Waals surface area contributed by atoms with E-state index in [0.29, 0.717) is 10.6 Å². The Bertz CT molecular complexity index is 572. The highest BCUT2D eigenvalue weighted by Crippen LogP contribution is 2.32. The third-order valence-electron chi connectivity index (χ3n) is 2.30. The summed E-state index contributed by atoms with van der Waals surface area (Å²) in [5, 5.41) is 12.4. The molecule has 0 spiro atoms. The predicted octanol–water partition coefficient (Wildman–Crippen LogP) is 3.59. The van der Waals surface area contributed by atoms with Gasteiger partial charge in [-0.15, -0.1) is 0 Å². The van der Waals surface area contributed by atoms with E-state index < -0.39 is 0 Å². The monoisotopic (exact) mass is 278 g/mol. The largest absolute Gasteiger partial charge is 0.409 e. The van der Waals surface area contributed by atoms with E-state index >= 15 is 0 Å². The second-order valence-electron chi connectivity index (χ2n) is 3.54. The highest BCUT2D eigenvalue weighted by atomic mass is 35.5. The SMILES string of the molecule is NC(=NO)c1ccc(Cl)cc1Sc1ccccc1. The minimum absolute atomic E-state index is 0.0742. The summed E-state index contributed by atoms with van der Waals surface area (Å²) < 4.78 is 0. The van der Waals surface area contributed by atoms with Crippen LogP contribution in [-0.4, -0.2) is 11.0 Å². The van der Waals surface area contributed by atoms with E-state index in [1.165, 1.54) is 11.8 Å². The van der Waals surface area contributed by atoms with Crippen LogP contribution in [0, 0.1) is 0 Å². The van der Waals surface area contributed by atoms with Crippen LogP contribution in [-0.2, 0) is 0 Å². The van der Waals surface area contributed by atoms with Gasteiger partial charge in [0.2, 0.25) is 0 Å². The van der Waals surface area contributed by atoms with E-state index in [9.17, 15) is 0 Å². The van der Waals surface area contributed by atoms with Crippen LogP contribution in [0.1, 0.15) is 5.56 Å². The smallest absolute Gasteiger partial charge is 0.171 e. The van der Waals surface area contributed by atoms with E-state index in [1.807, 2.05) is 30.3 Å². The van der Waals surface area contributed by atoms with Crippen molar-refractivity contribution in [2.24, 2.45) is 10.9 Å². The minimum Gasteiger partial charge on any atom is -0.409 e. The van der Waals surface area contributed by atoms with Crippen LogP contribution in [0.5, 0.6) is 0 Å². The third-order valence-corrected chi connectivity index (χ3v) is 3.60. The quantitative estimate of drug-likeness (QED) is 0.390. The lowest BCUT2D eigenvalue weighted by Crippen LogP contribution is -2.14. The van der Waals surface area contributed by atoms with Crippen molar-refractivity contribution in [3.8, 4) is 0 Å². The molecule has 0 heterocycles. The fourth-order valence-corrected chi connectivity index (χ4v) is 2.71. The van der Waals surface area contributed by atoms with Gasteiger partial charge in [-0.05, 0) is 30.3 Å². The van der Waals surface area contributed by atoms with Gasteiger partial charge in [-0.3, -0.25) is 0 Å². The molecule has 0 radical (unpaired) electrons. The molecule has 0 aliphatic heterocycles. The Morgan fingerprint density at radius 2 is 1.89 bits per heavy atom. The van der Waals surface area contributed by atoms with Gasteiger partial charge in [0, 0.05) is 20.4 Å². The first-order valence-corrected chi connectivity index (χ1v) is 6.40. The number of amidine groups is 1. The van der Waals surface area contributed by atoms with E-state index in [0.717, 1.165) is 9.79 Å². The van der Waals surface area contributed by atoms with Crippen LogP contribution in [0.3, 0.4) is 0 Å². The molecule has 0 aliphatic carbocycles. The average molecular weight is 279 g/mol. The molecule has 0 amide bonds. The van der Waals surface area contributed by atoms with Gasteiger partial charge in [-0.25, -0.2) is 0 Å². The molecule has 2 aromatic rings. The minimum atomic E-state index is 0.0742. The Labute approximate surface area is 114 Å². The van der Waals surface area contributed by atoms with Crippen molar-refractivity contribution < 1.29 is 5.21 Å². The van der Waals surface area contributed by atoms with Gasteiger partial charge in [-0.2, -0.15) is 0 Å². The first-order valence-electron chi connectivity index (χ1n) is 5.21. The summed E-state index contributed by atoms with van der Waals surface area (Å²) in [6, 6.07) is 15.1. The molecular weight excluding hydrogens is 268 g/mol. The van der Waals surface area contributed by atoms with E-state index in [4.69, 9.17) is 22.5 Å². The number of hydrogen-bond donors (Lipinski definition) is 2. The van der Waals surface area contributed by atoms with Crippen molar-refractivity contribution in [3.63, 3.8) is 0 Å². The van der Waals surface area contributed by atoms with Crippen molar-refractivity contribution >= 4 is 29.2 Å². The van der Waals surface area contributed by atoms with Gasteiger partial charge in [0.05, 0.1) is 0 Å². The van der Waals surface area contributed by atoms with Crippen molar-refractivity contribution in [2.75, 3.05) is 0 Å². The predicted molar refractivity (Wildman–Crippen MR) is 74.5 cm³/mol. The second-order valence-corrected chi connectivity index (χ2v) is 5.09. The molecule has 0 atom stereocenters. The maximum absolute atomic E-state index is 8.77. The highest BCUT2D eigenvalue weighted by molar-refractivity contribution is 7.99. The van der Waals surface area contributed by atoms with E-state index in [-0.39, 0.29) is 5.84 Å². The molecule has 0 fully saturated rings. The van der Waals surface area contributed by atoms with Gasteiger partial charge in [-0.1, -0.05) is 46.7 Å². The van der Waals surface area contributed by atoms with E-state index in [1.54, 1.807) is 18.2 Å². The fraction of sp³-hybridized carbons (Fsp3) is 0. The summed E-state index contributed by atoms with van der Waals surface area (Å²) in [4.78, 5) is 1.91. The van der Waals surface area contributed by atoms with Crippen LogP contribution in [0.2, 0.25) is 5.02 Å². The number of benzene rings is 2. The molecule has 0 unspecified atom stereocenters. The van der Waals surface area contributed by atoms with Crippen molar-refractivity contribution in [3.05, 3.63) is 59.1 Å². The number of rotatable bonds is 3. The van der Waals surface area contributed by atoms with Crippen LogP contribution in [0.15, 0.2) is 63.5 Å². The highest BCUT2D eigenvalue weighted by Gasteiger charge is 2.09. The summed E-state index contributed by atoms with van der Waals surface area (Å²) in [5.41, 5.74) is 6.31. The van der Waals surface area contributed by atoms with Crippen LogP contribution in [0.4, 0.5) is 0 Å². The summed E-state index contributed by atoms with van der Waals surface area (Å²) in [5.74, 6) is 0.0742. The summed E-state index contributed by atoms with van der Waals surface area (Å²) >= 11 is 7.49. The number of halogens is 1. The number of nitrogens with two attached hydrogens (primary N) is 1. The second kappa shape index (κ2) is 5.80. The van der Waals surface area contributed by atoms with Crippen molar-refractivity contribution in [1.29, 1.82) is 0 Å². The molecule has 3 N–H and O–H groups in total. The molecule has 0 aromatic heterocycles. The third kappa shape index (κ3) is 2.97. The molecule has 18 heavy (non-hydrogen) atoms. The maximum Gasteiger partial charge on any atom is 0.171 e. The Balaban J connectivity index is 2.40. The zero-order chi connectivity index (χ0) is 13.0.